The van der Waals surface area contributed by atoms with Gasteiger partial charge in [0.05, 0.1) is 24.4 Å². The first-order valence-corrected chi connectivity index (χ1v) is 10.1. The van der Waals surface area contributed by atoms with Gasteiger partial charge in [0.1, 0.15) is 11.6 Å². The van der Waals surface area contributed by atoms with Crippen molar-refractivity contribution in [3.05, 3.63) is 59.9 Å². The van der Waals surface area contributed by atoms with Gasteiger partial charge in [0, 0.05) is 26.1 Å². The second kappa shape index (κ2) is 8.13. The Morgan fingerprint density at radius 2 is 1.79 bits per heavy atom. The molecule has 5 nitrogen and oxygen atoms in total. The molecule has 2 aliphatic heterocycles. The molecular weight excluding hydrogens is 371 g/mol. The molecule has 2 fully saturated rings. The zero-order chi connectivity index (χ0) is 20.4. The monoisotopic (exact) mass is 398 g/mol. The average molecular weight is 398 g/mol. The smallest absolute Gasteiger partial charge is 0.244 e. The van der Waals surface area contributed by atoms with Gasteiger partial charge in [-0.1, -0.05) is 30.3 Å². The number of ether oxygens (including phenoxy) is 1. The molecular formula is C23H27FN2O3. The van der Waals surface area contributed by atoms with Gasteiger partial charge in [-0.15, -0.1) is 0 Å². The number of amides is 1. The van der Waals surface area contributed by atoms with Gasteiger partial charge in [-0.2, -0.15) is 0 Å². The minimum atomic E-state index is -0.928. The molecule has 2 aromatic rings. The zero-order valence-corrected chi connectivity index (χ0v) is 16.7. The minimum Gasteiger partial charge on any atom is -0.495 e. The number of anilines is 1. The molecule has 0 spiro atoms. The maximum Gasteiger partial charge on any atom is 0.244 e. The van der Waals surface area contributed by atoms with E-state index >= 15 is 0 Å². The quantitative estimate of drug-likeness (QED) is 0.841. The van der Waals surface area contributed by atoms with Gasteiger partial charge in [-0.25, -0.2) is 4.39 Å². The predicted molar refractivity (Wildman–Crippen MR) is 110 cm³/mol. The predicted octanol–water partition coefficient (Wildman–Crippen LogP) is 3.01. The molecule has 1 amide bonds. The first-order chi connectivity index (χ1) is 14.0. The number of hydrogen-bond donors (Lipinski definition) is 1. The molecule has 0 aliphatic carbocycles. The molecule has 154 valence electrons. The number of methoxy groups -OCH3 is 1. The Morgan fingerprint density at radius 1 is 1.10 bits per heavy atom. The highest BCUT2D eigenvalue weighted by Crippen LogP contribution is 2.34. The van der Waals surface area contributed by atoms with Crippen molar-refractivity contribution in [2.45, 2.75) is 37.3 Å². The van der Waals surface area contributed by atoms with Gasteiger partial charge in [0.15, 0.2) is 0 Å². The molecule has 0 saturated carbocycles. The molecule has 0 bridgehead atoms. The highest BCUT2D eigenvalue weighted by Gasteiger charge is 2.41. The third-order valence-corrected chi connectivity index (χ3v) is 6.20. The number of hydrogen-bond acceptors (Lipinski definition) is 4. The summed E-state index contributed by atoms with van der Waals surface area (Å²) in [6.07, 6.45) is 2.11. The fourth-order valence-corrected chi connectivity index (χ4v) is 4.52. The molecule has 1 N–H and O–H groups in total. The summed E-state index contributed by atoms with van der Waals surface area (Å²) in [5, 5.41) is 11.0. The van der Waals surface area contributed by atoms with Gasteiger partial charge in [-0.3, -0.25) is 9.69 Å². The Kier molecular flexibility index (Phi) is 5.56. The highest BCUT2D eigenvalue weighted by molar-refractivity contribution is 6.00. The van der Waals surface area contributed by atoms with Crippen LogP contribution < -0.4 is 9.64 Å². The maximum absolute atomic E-state index is 14.0. The molecule has 0 radical (unpaired) electrons. The lowest BCUT2D eigenvalue weighted by atomic mass is 9.84. The fourth-order valence-electron chi connectivity index (χ4n) is 4.52. The Bertz CT molecular complexity index is 880. The van der Waals surface area contributed by atoms with E-state index in [2.05, 4.69) is 4.90 Å². The summed E-state index contributed by atoms with van der Waals surface area (Å²) in [5.41, 5.74) is 0.418. The molecule has 29 heavy (non-hydrogen) atoms. The van der Waals surface area contributed by atoms with E-state index in [4.69, 9.17) is 4.74 Å². The Labute approximate surface area is 170 Å². The Balaban J connectivity index is 1.40. The summed E-state index contributed by atoms with van der Waals surface area (Å²) >= 11 is 0. The van der Waals surface area contributed by atoms with Crippen LogP contribution >= 0.6 is 0 Å². The summed E-state index contributed by atoms with van der Waals surface area (Å²) in [7, 11) is 1.61. The van der Waals surface area contributed by atoms with Crippen molar-refractivity contribution >= 4 is 11.6 Å². The highest BCUT2D eigenvalue weighted by atomic mass is 19.1. The van der Waals surface area contributed by atoms with E-state index in [9.17, 15) is 14.3 Å². The number of carbonyl (C=O) groups excluding carboxylic acids is 1. The van der Waals surface area contributed by atoms with Crippen molar-refractivity contribution < 1.29 is 19.0 Å². The standard InChI is InChI=1S/C23H27FN2O3/c1-29-21-9-5-4-8-19(21)26-13-10-20(22(26)27)25-14-11-23(28,12-15-25)16-17-6-2-3-7-18(17)24/h2-9,20,28H,10-16H2,1H3. The number of para-hydroxylation sites is 2. The third-order valence-electron chi connectivity index (χ3n) is 6.20. The van der Waals surface area contributed by atoms with Crippen LogP contribution in [0.1, 0.15) is 24.8 Å². The summed E-state index contributed by atoms with van der Waals surface area (Å²) < 4.78 is 19.4. The summed E-state index contributed by atoms with van der Waals surface area (Å²) in [6.45, 7) is 1.90. The lowest BCUT2D eigenvalue weighted by Gasteiger charge is -2.40. The summed E-state index contributed by atoms with van der Waals surface area (Å²) in [4.78, 5) is 17.0. The average Bonchev–Trinajstić information content (AvgIpc) is 3.11. The lowest BCUT2D eigenvalue weighted by Crippen LogP contribution is -2.51. The normalized spacial score (nSPS) is 22.1. The topological polar surface area (TPSA) is 53.0 Å². The van der Waals surface area contributed by atoms with Crippen LogP contribution in [-0.4, -0.2) is 54.3 Å². The molecule has 0 aromatic heterocycles. The molecule has 2 aliphatic rings. The van der Waals surface area contributed by atoms with Gasteiger partial charge in [-0.05, 0) is 43.0 Å². The van der Waals surface area contributed by atoms with E-state index in [1.165, 1.54) is 6.07 Å². The van der Waals surface area contributed by atoms with Crippen LogP contribution in [0.4, 0.5) is 10.1 Å². The first-order valence-electron chi connectivity index (χ1n) is 10.1. The number of likely N-dealkylation sites (tertiary alicyclic amines) is 1. The van der Waals surface area contributed by atoms with Crippen molar-refractivity contribution in [3.8, 4) is 5.75 Å². The number of benzene rings is 2. The largest absolute Gasteiger partial charge is 0.495 e. The molecule has 2 aromatic carbocycles. The van der Waals surface area contributed by atoms with E-state index < -0.39 is 5.60 Å². The van der Waals surface area contributed by atoms with Gasteiger partial charge < -0.3 is 14.7 Å². The maximum atomic E-state index is 14.0. The second-order valence-corrected chi connectivity index (χ2v) is 7.99. The lowest BCUT2D eigenvalue weighted by molar-refractivity contribution is -0.123. The molecule has 6 heteroatoms. The molecule has 1 unspecified atom stereocenters. The summed E-state index contributed by atoms with van der Waals surface area (Å²) in [6, 6.07) is 14.0. The number of aliphatic hydroxyl groups is 1. The van der Waals surface area contributed by atoms with E-state index in [1.54, 1.807) is 30.2 Å². The van der Waals surface area contributed by atoms with Gasteiger partial charge >= 0.3 is 0 Å². The van der Waals surface area contributed by atoms with Crippen LogP contribution in [0.15, 0.2) is 48.5 Å². The van der Waals surface area contributed by atoms with E-state index in [0.717, 1.165) is 12.1 Å². The SMILES string of the molecule is COc1ccccc1N1CCC(N2CCC(O)(Cc3ccccc3F)CC2)C1=O. The zero-order valence-electron chi connectivity index (χ0n) is 16.7. The number of rotatable bonds is 5. The van der Waals surface area contributed by atoms with Crippen molar-refractivity contribution in [2.24, 2.45) is 0 Å². The third kappa shape index (κ3) is 4.00. The van der Waals surface area contributed by atoms with Crippen molar-refractivity contribution in [1.82, 2.24) is 4.90 Å². The number of nitrogens with zero attached hydrogens (tertiary/aromatic N) is 2. The van der Waals surface area contributed by atoms with Crippen LogP contribution in [0.2, 0.25) is 0 Å². The minimum absolute atomic E-state index is 0.0778. The Morgan fingerprint density at radius 3 is 2.52 bits per heavy atom. The molecule has 1 atom stereocenters. The molecule has 2 saturated heterocycles. The first kappa shape index (κ1) is 19.9. The van der Waals surface area contributed by atoms with Crippen LogP contribution in [0, 0.1) is 5.82 Å². The number of piperidine rings is 1. The van der Waals surface area contributed by atoms with Crippen molar-refractivity contribution in [2.75, 3.05) is 31.6 Å². The second-order valence-electron chi connectivity index (χ2n) is 7.99. The van der Waals surface area contributed by atoms with Crippen molar-refractivity contribution in [1.29, 1.82) is 0 Å². The van der Waals surface area contributed by atoms with E-state index in [0.29, 0.717) is 50.2 Å². The molecule has 2 heterocycles. The Hall–Kier alpha value is -2.44. The fraction of sp³-hybridized carbons (Fsp3) is 0.435. The van der Waals surface area contributed by atoms with E-state index in [-0.39, 0.29) is 17.8 Å². The van der Waals surface area contributed by atoms with E-state index in [1.807, 2.05) is 24.3 Å². The number of halogens is 1. The van der Waals surface area contributed by atoms with Gasteiger partial charge in [0.25, 0.3) is 0 Å². The van der Waals surface area contributed by atoms with Crippen LogP contribution in [0.5, 0.6) is 5.75 Å². The molecule has 4 rings (SSSR count). The van der Waals surface area contributed by atoms with Crippen LogP contribution in [-0.2, 0) is 11.2 Å². The summed E-state index contributed by atoms with van der Waals surface area (Å²) in [5.74, 6) is 0.496. The van der Waals surface area contributed by atoms with Crippen molar-refractivity contribution in [3.63, 3.8) is 0 Å². The number of carbonyl (C=O) groups is 1. The van der Waals surface area contributed by atoms with Crippen LogP contribution in [0.25, 0.3) is 0 Å². The van der Waals surface area contributed by atoms with Crippen LogP contribution in [0.3, 0.4) is 0 Å². The van der Waals surface area contributed by atoms with Gasteiger partial charge in [0.2, 0.25) is 5.91 Å².